The maximum absolute atomic E-state index is 9.04. The summed E-state index contributed by atoms with van der Waals surface area (Å²) >= 11 is 14.1. The third-order valence-corrected chi connectivity index (χ3v) is 13.1. The van der Waals surface area contributed by atoms with Gasteiger partial charge in [-0.25, -0.2) is 0 Å². The Labute approximate surface area is 422 Å². The van der Waals surface area contributed by atoms with Crippen molar-refractivity contribution in [2.75, 3.05) is 42.7 Å². The highest BCUT2D eigenvalue weighted by atomic mass is 79.9. The molecule has 3 aromatic heterocycles. The zero-order valence-electron chi connectivity index (χ0n) is 37.1. The van der Waals surface area contributed by atoms with Crippen LogP contribution < -0.4 is 33.9 Å². The molecular formula is C51H44BBr4N3O8. The second-order valence-electron chi connectivity index (χ2n) is 14.0. The summed E-state index contributed by atoms with van der Waals surface area (Å²) in [6, 6.07) is 34.7. The van der Waals surface area contributed by atoms with Crippen molar-refractivity contribution in [2.24, 2.45) is 0 Å². The molecule has 0 aliphatic carbocycles. The van der Waals surface area contributed by atoms with Gasteiger partial charge in [-0.15, -0.1) is 0 Å². The lowest BCUT2D eigenvalue weighted by atomic mass is 9.78. The number of nitrogens with zero attached hydrogens (tertiary/aromatic N) is 3. The maximum Gasteiger partial charge on any atom is 0.496 e. The number of benzene rings is 6. The first kappa shape index (κ1) is 50.7. The van der Waals surface area contributed by atoms with Crippen molar-refractivity contribution >= 4 is 109 Å². The molecule has 67 heavy (non-hydrogen) atoms. The molecule has 0 atom stereocenters. The van der Waals surface area contributed by atoms with Crippen LogP contribution >= 0.6 is 63.7 Å². The molecule has 0 amide bonds. The monoisotopic (exact) mass is 1150 g/mol. The molecule has 2 N–H and O–H groups in total. The fraction of sp³-hybridized carbons (Fsp3) is 0.118. The van der Waals surface area contributed by atoms with E-state index in [1.165, 1.54) is 19.6 Å². The molecule has 16 heteroatoms. The van der Waals surface area contributed by atoms with Gasteiger partial charge in [0.2, 0.25) is 0 Å². The van der Waals surface area contributed by atoms with Crippen molar-refractivity contribution in [1.82, 2.24) is 15.0 Å². The van der Waals surface area contributed by atoms with Gasteiger partial charge in [0, 0.05) is 76.6 Å². The molecule has 0 bridgehead atoms. The Morgan fingerprint density at radius 1 is 0.358 bits per heavy atom. The van der Waals surface area contributed by atoms with Crippen LogP contribution in [0.3, 0.4) is 0 Å². The third kappa shape index (κ3) is 11.7. The van der Waals surface area contributed by atoms with Gasteiger partial charge in [0.05, 0.1) is 59.2 Å². The van der Waals surface area contributed by atoms with Crippen molar-refractivity contribution in [2.45, 2.75) is 0 Å². The third-order valence-electron chi connectivity index (χ3n) is 10.4. The van der Waals surface area contributed by atoms with Gasteiger partial charge in [0.25, 0.3) is 0 Å². The van der Waals surface area contributed by atoms with E-state index in [1.54, 1.807) is 65.2 Å². The molecule has 342 valence electrons. The zero-order chi connectivity index (χ0) is 48.0. The van der Waals surface area contributed by atoms with Gasteiger partial charge in [-0.05, 0) is 101 Å². The smallest absolute Gasteiger partial charge is 0.496 e. The molecule has 0 aliphatic rings. The minimum absolute atomic E-state index is 0.243. The Balaban J connectivity index is 0.000000152. The van der Waals surface area contributed by atoms with Crippen LogP contribution in [0.15, 0.2) is 164 Å². The van der Waals surface area contributed by atoms with Crippen LogP contribution in [0, 0.1) is 0 Å². The second kappa shape index (κ2) is 24.3. The van der Waals surface area contributed by atoms with Crippen LogP contribution in [-0.2, 0) is 0 Å². The van der Waals surface area contributed by atoms with Gasteiger partial charge in [0.15, 0.2) is 0 Å². The van der Waals surface area contributed by atoms with Gasteiger partial charge < -0.3 is 38.5 Å². The lowest BCUT2D eigenvalue weighted by Crippen LogP contribution is -2.32. The van der Waals surface area contributed by atoms with E-state index in [9.17, 15) is 0 Å². The van der Waals surface area contributed by atoms with Crippen LogP contribution in [0.1, 0.15) is 0 Å². The average molecular weight is 1160 g/mol. The zero-order valence-corrected chi connectivity index (χ0v) is 43.5. The summed E-state index contributed by atoms with van der Waals surface area (Å²) in [4.78, 5) is 12.5. The number of hydrogen-bond donors (Lipinski definition) is 2. The Morgan fingerprint density at radius 2 is 0.657 bits per heavy atom. The van der Waals surface area contributed by atoms with Crippen LogP contribution in [0.4, 0.5) is 0 Å². The van der Waals surface area contributed by atoms with Gasteiger partial charge >= 0.3 is 7.12 Å². The van der Waals surface area contributed by atoms with Crippen molar-refractivity contribution < 1.29 is 38.5 Å². The molecule has 3 heterocycles. The van der Waals surface area contributed by atoms with Crippen LogP contribution in [0.2, 0.25) is 0 Å². The topological polar surface area (TPSA) is 135 Å². The Kier molecular flexibility index (Phi) is 18.4. The van der Waals surface area contributed by atoms with Gasteiger partial charge in [-0.1, -0.05) is 94.1 Å². The standard InChI is InChI=1S/2C17H14BrNO2.C9H5Br2N.C8H11BO4/c1-20-15-4-3-5-16(21-2)17(15)12-6-7-14(18)11-8-9-19-10-13(11)12;1-20-15-4-3-5-16(21-2)17(15)12-6-7-14(18)13-10-19-9-8-11(12)13;10-8-1-2-9(11)7-5-12-4-3-6(7)8;1-12-6-4-3-5-7(13-2)8(6)9(10)11/h2*3-10H,1-2H3;1-5H;3-5,10-11H,1-2H3. The fourth-order valence-electron chi connectivity index (χ4n) is 7.23. The predicted molar refractivity (Wildman–Crippen MR) is 282 cm³/mol. The highest BCUT2D eigenvalue weighted by Crippen LogP contribution is 2.44. The molecule has 0 unspecified atom stereocenters. The summed E-state index contributed by atoms with van der Waals surface area (Å²) in [6.07, 6.45) is 10.9. The fourth-order valence-corrected chi connectivity index (χ4v) is 9.08. The second-order valence-corrected chi connectivity index (χ2v) is 17.4. The highest BCUT2D eigenvalue weighted by Gasteiger charge is 2.22. The minimum atomic E-state index is -1.59. The average Bonchev–Trinajstić information content (AvgIpc) is 3.37. The van der Waals surface area contributed by atoms with E-state index in [2.05, 4.69) is 90.8 Å². The van der Waals surface area contributed by atoms with Gasteiger partial charge in [-0.2, -0.15) is 0 Å². The number of fused-ring (bicyclic) bond motifs is 3. The van der Waals surface area contributed by atoms with Crippen LogP contribution in [0.5, 0.6) is 34.5 Å². The minimum Gasteiger partial charge on any atom is -0.497 e. The molecule has 11 nitrogen and oxygen atoms in total. The number of methoxy groups -OCH3 is 6. The predicted octanol–water partition coefficient (Wildman–Crippen LogP) is 12.5. The Morgan fingerprint density at radius 3 is 1.03 bits per heavy atom. The molecule has 0 aliphatic heterocycles. The summed E-state index contributed by atoms with van der Waals surface area (Å²) in [7, 11) is 7.99. The largest absolute Gasteiger partial charge is 0.497 e. The van der Waals surface area contributed by atoms with E-state index in [0.29, 0.717) is 11.5 Å². The van der Waals surface area contributed by atoms with Crippen molar-refractivity contribution in [3.05, 3.63) is 164 Å². The first-order valence-corrected chi connectivity index (χ1v) is 23.4. The summed E-state index contributed by atoms with van der Waals surface area (Å²) in [5, 5.41) is 24.7. The Hall–Kier alpha value is -5.75. The number of halogens is 4. The molecule has 0 spiro atoms. The first-order chi connectivity index (χ1) is 32.5. The number of rotatable bonds is 9. The van der Waals surface area contributed by atoms with Gasteiger partial charge in [0.1, 0.15) is 34.5 Å². The van der Waals surface area contributed by atoms with E-state index in [1.807, 2.05) is 97.5 Å². The van der Waals surface area contributed by atoms with Crippen molar-refractivity contribution in [3.8, 4) is 56.8 Å². The molecular weight excluding hydrogens is 1110 g/mol. The quantitative estimate of drug-likeness (QED) is 0.134. The molecule has 9 rings (SSSR count). The van der Waals surface area contributed by atoms with Crippen molar-refractivity contribution in [3.63, 3.8) is 0 Å². The normalized spacial score (nSPS) is 10.4. The summed E-state index contributed by atoms with van der Waals surface area (Å²) in [5.41, 5.74) is 4.23. The van der Waals surface area contributed by atoms with Crippen LogP contribution in [0.25, 0.3) is 54.6 Å². The molecule has 0 radical (unpaired) electrons. The molecule has 9 aromatic rings. The van der Waals surface area contributed by atoms with Gasteiger partial charge in [-0.3, -0.25) is 15.0 Å². The van der Waals surface area contributed by atoms with Crippen molar-refractivity contribution in [1.29, 1.82) is 0 Å². The summed E-state index contributed by atoms with van der Waals surface area (Å²) < 4.78 is 36.2. The SMILES string of the molecule is Brc1ccc(Br)c2cnccc12.COc1cccc(OC)c1-c1ccc(Br)c2ccncc12.COc1cccc(OC)c1-c1ccc(Br)c2cnccc12.COc1cccc(OC)c1B(O)O. The molecule has 0 saturated carbocycles. The number of ether oxygens (including phenoxy) is 6. The lowest BCUT2D eigenvalue weighted by Gasteiger charge is -2.15. The van der Waals surface area contributed by atoms with E-state index >= 15 is 0 Å². The molecule has 6 aromatic carbocycles. The molecule has 0 saturated heterocycles. The molecule has 0 fully saturated rings. The highest BCUT2D eigenvalue weighted by molar-refractivity contribution is 9.11. The van der Waals surface area contributed by atoms with E-state index < -0.39 is 7.12 Å². The lowest BCUT2D eigenvalue weighted by molar-refractivity contribution is 0.385. The summed E-state index contributed by atoms with van der Waals surface area (Å²) in [5.74, 6) is 3.93. The number of aromatic nitrogens is 3. The maximum atomic E-state index is 9.04. The van der Waals surface area contributed by atoms with E-state index in [0.717, 1.165) is 90.1 Å². The number of pyridine rings is 3. The van der Waals surface area contributed by atoms with E-state index in [-0.39, 0.29) is 5.46 Å². The van der Waals surface area contributed by atoms with E-state index in [4.69, 9.17) is 38.5 Å². The summed E-state index contributed by atoms with van der Waals surface area (Å²) in [6.45, 7) is 0. The first-order valence-electron chi connectivity index (χ1n) is 20.2. The van der Waals surface area contributed by atoms with Crippen LogP contribution in [-0.4, -0.2) is 74.8 Å². The Bertz CT molecular complexity index is 2880. The number of hydrogen-bond acceptors (Lipinski definition) is 11.